The second-order valence-corrected chi connectivity index (χ2v) is 4.54. The van der Waals surface area contributed by atoms with Crippen molar-refractivity contribution in [3.8, 4) is 0 Å². The van der Waals surface area contributed by atoms with Gasteiger partial charge in [-0.15, -0.1) is 0 Å². The minimum Gasteiger partial charge on any atom is -0.381 e. The summed E-state index contributed by atoms with van der Waals surface area (Å²) in [7, 11) is 0. The maximum atomic E-state index is 5.44. The van der Waals surface area contributed by atoms with Crippen molar-refractivity contribution in [1.29, 1.82) is 0 Å². The molecule has 13 heavy (non-hydrogen) atoms. The van der Waals surface area contributed by atoms with Crippen LogP contribution in [-0.2, 0) is 4.74 Å². The summed E-state index contributed by atoms with van der Waals surface area (Å²) in [5.41, 5.74) is 0. The number of hydrogen-bond donors (Lipinski definition) is 1. The van der Waals surface area contributed by atoms with Crippen LogP contribution < -0.4 is 5.32 Å². The van der Waals surface area contributed by atoms with Crippen molar-refractivity contribution in [2.24, 2.45) is 11.8 Å². The molecule has 0 radical (unpaired) electrons. The van der Waals surface area contributed by atoms with Gasteiger partial charge in [-0.05, 0) is 37.6 Å². The molecule has 2 aliphatic rings. The summed E-state index contributed by atoms with van der Waals surface area (Å²) in [5, 5.41) is 3.64. The molecule has 2 heteroatoms. The van der Waals surface area contributed by atoms with Crippen molar-refractivity contribution in [3.05, 3.63) is 0 Å². The second-order valence-electron chi connectivity index (χ2n) is 4.54. The van der Waals surface area contributed by atoms with E-state index in [1.807, 2.05) is 0 Å². The Morgan fingerprint density at radius 2 is 2.23 bits per heavy atom. The van der Waals surface area contributed by atoms with Crippen LogP contribution in [0.15, 0.2) is 0 Å². The third-order valence-corrected chi connectivity index (χ3v) is 3.69. The molecule has 0 aromatic carbocycles. The predicted octanol–water partition coefficient (Wildman–Crippen LogP) is 1.80. The van der Waals surface area contributed by atoms with Gasteiger partial charge in [-0.25, -0.2) is 0 Å². The Kier molecular flexibility index (Phi) is 3.23. The van der Waals surface area contributed by atoms with E-state index in [2.05, 4.69) is 12.2 Å². The molecule has 3 atom stereocenters. The Bertz CT molecular complexity index is 148. The van der Waals surface area contributed by atoms with Crippen molar-refractivity contribution in [1.82, 2.24) is 5.32 Å². The van der Waals surface area contributed by atoms with Crippen LogP contribution in [0.2, 0.25) is 0 Å². The van der Waals surface area contributed by atoms with Crippen molar-refractivity contribution in [2.45, 2.75) is 38.6 Å². The highest BCUT2D eigenvalue weighted by molar-refractivity contribution is 4.83. The zero-order valence-corrected chi connectivity index (χ0v) is 8.59. The predicted molar refractivity (Wildman–Crippen MR) is 53.7 cm³/mol. The van der Waals surface area contributed by atoms with Gasteiger partial charge in [-0.2, -0.15) is 0 Å². The fraction of sp³-hybridized carbons (Fsp3) is 1.00. The third kappa shape index (κ3) is 2.23. The van der Waals surface area contributed by atoms with Gasteiger partial charge in [0, 0.05) is 19.3 Å². The van der Waals surface area contributed by atoms with Crippen LogP contribution in [-0.4, -0.2) is 25.8 Å². The maximum Gasteiger partial charge on any atom is 0.0498 e. The summed E-state index contributed by atoms with van der Waals surface area (Å²) >= 11 is 0. The molecule has 3 unspecified atom stereocenters. The molecule has 0 bridgehead atoms. The lowest BCUT2D eigenvalue weighted by molar-refractivity contribution is 0.159. The molecule has 0 aliphatic carbocycles. The minimum atomic E-state index is 0.764. The molecule has 76 valence electrons. The first kappa shape index (κ1) is 9.47. The van der Waals surface area contributed by atoms with Gasteiger partial charge in [0.05, 0.1) is 0 Å². The fourth-order valence-electron chi connectivity index (χ4n) is 2.62. The summed E-state index contributed by atoms with van der Waals surface area (Å²) in [6.45, 7) is 5.60. The SMILES string of the molecule is CC(C1CCOC1)C1CCCCN1. The van der Waals surface area contributed by atoms with Crippen LogP contribution in [0, 0.1) is 11.8 Å². The monoisotopic (exact) mass is 183 g/mol. The molecule has 0 saturated carbocycles. The van der Waals surface area contributed by atoms with E-state index in [4.69, 9.17) is 4.74 Å². The van der Waals surface area contributed by atoms with E-state index in [9.17, 15) is 0 Å². The highest BCUT2D eigenvalue weighted by atomic mass is 16.5. The number of hydrogen-bond acceptors (Lipinski definition) is 2. The van der Waals surface area contributed by atoms with Crippen LogP contribution in [0.25, 0.3) is 0 Å². The first-order valence-electron chi connectivity index (χ1n) is 5.69. The first-order valence-corrected chi connectivity index (χ1v) is 5.69. The highest BCUT2D eigenvalue weighted by Crippen LogP contribution is 2.27. The second kappa shape index (κ2) is 4.43. The zero-order valence-electron chi connectivity index (χ0n) is 8.59. The minimum absolute atomic E-state index is 0.764. The molecular formula is C11H21NO. The molecule has 1 N–H and O–H groups in total. The van der Waals surface area contributed by atoms with Crippen molar-refractivity contribution in [3.63, 3.8) is 0 Å². The number of piperidine rings is 1. The van der Waals surface area contributed by atoms with Gasteiger partial charge < -0.3 is 10.1 Å². The summed E-state index contributed by atoms with van der Waals surface area (Å²) in [6.07, 6.45) is 5.43. The summed E-state index contributed by atoms with van der Waals surface area (Å²) in [6, 6.07) is 0.764. The van der Waals surface area contributed by atoms with Crippen LogP contribution in [0.4, 0.5) is 0 Å². The molecule has 2 rings (SSSR count). The van der Waals surface area contributed by atoms with E-state index in [-0.39, 0.29) is 0 Å². The third-order valence-electron chi connectivity index (χ3n) is 3.69. The summed E-state index contributed by atoms with van der Waals surface area (Å²) in [4.78, 5) is 0. The summed E-state index contributed by atoms with van der Waals surface area (Å²) < 4.78 is 5.44. The average Bonchev–Trinajstić information content (AvgIpc) is 2.71. The number of rotatable bonds is 2. The van der Waals surface area contributed by atoms with Gasteiger partial charge in [-0.1, -0.05) is 13.3 Å². The van der Waals surface area contributed by atoms with Gasteiger partial charge in [-0.3, -0.25) is 0 Å². The van der Waals surface area contributed by atoms with Gasteiger partial charge in [0.2, 0.25) is 0 Å². The Morgan fingerprint density at radius 3 is 2.85 bits per heavy atom. The molecular weight excluding hydrogens is 162 g/mol. The fourth-order valence-corrected chi connectivity index (χ4v) is 2.62. The summed E-state index contributed by atoms with van der Waals surface area (Å²) in [5.74, 6) is 1.62. The Labute approximate surface area is 81.0 Å². The zero-order chi connectivity index (χ0) is 9.10. The maximum absolute atomic E-state index is 5.44. The lowest BCUT2D eigenvalue weighted by atomic mass is 9.83. The molecule has 2 aliphatic heterocycles. The topological polar surface area (TPSA) is 21.3 Å². The number of nitrogens with one attached hydrogen (secondary N) is 1. The average molecular weight is 183 g/mol. The van der Waals surface area contributed by atoms with Crippen molar-refractivity contribution < 1.29 is 4.74 Å². The Balaban J connectivity index is 1.83. The molecule has 2 heterocycles. The van der Waals surface area contributed by atoms with Crippen LogP contribution >= 0.6 is 0 Å². The molecule has 2 nitrogen and oxygen atoms in total. The molecule has 0 amide bonds. The Hall–Kier alpha value is -0.0800. The highest BCUT2D eigenvalue weighted by Gasteiger charge is 2.29. The molecule has 2 fully saturated rings. The van der Waals surface area contributed by atoms with Gasteiger partial charge in [0.25, 0.3) is 0 Å². The van der Waals surface area contributed by atoms with Crippen LogP contribution in [0.3, 0.4) is 0 Å². The molecule has 0 aromatic rings. The van der Waals surface area contributed by atoms with E-state index >= 15 is 0 Å². The normalized spacial score (nSPS) is 37.6. The molecule has 2 saturated heterocycles. The lowest BCUT2D eigenvalue weighted by Crippen LogP contribution is -2.41. The first-order chi connectivity index (χ1) is 6.38. The van der Waals surface area contributed by atoms with Gasteiger partial charge >= 0.3 is 0 Å². The lowest BCUT2D eigenvalue weighted by Gasteiger charge is -2.32. The van der Waals surface area contributed by atoms with Crippen LogP contribution in [0.1, 0.15) is 32.6 Å². The van der Waals surface area contributed by atoms with E-state index in [1.165, 1.54) is 32.2 Å². The van der Waals surface area contributed by atoms with Gasteiger partial charge in [0.1, 0.15) is 0 Å². The van der Waals surface area contributed by atoms with E-state index < -0.39 is 0 Å². The van der Waals surface area contributed by atoms with Crippen molar-refractivity contribution in [2.75, 3.05) is 19.8 Å². The molecule has 0 spiro atoms. The standard InChI is InChI=1S/C11H21NO/c1-9(10-5-7-13-8-10)11-4-2-3-6-12-11/h9-12H,2-8H2,1H3. The quantitative estimate of drug-likeness (QED) is 0.705. The van der Waals surface area contributed by atoms with Gasteiger partial charge in [0.15, 0.2) is 0 Å². The van der Waals surface area contributed by atoms with Crippen LogP contribution in [0.5, 0.6) is 0 Å². The number of ether oxygens (including phenoxy) is 1. The Morgan fingerprint density at radius 1 is 1.31 bits per heavy atom. The molecule has 0 aromatic heterocycles. The smallest absolute Gasteiger partial charge is 0.0498 e. The largest absolute Gasteiger partial charge is 0.381 e. The van der Waals surface area contributed by atoms with Crippen molar-refractivity contribution >= 4 is 0 Å². The van der Waals surface area contributed by atoms with E-state index in [0.29, 0.717) is 0 Å². The van der Waals surface area contributed by atoms with E-state index in [1.54, 1.807) is 0 Å². The van der Waals surface area contributed by atoms with E-state index in [0.717, 1.165) is 31.1 Å².